The van der Waals surface area contributed by atoms with Crippen molar-refractivity contribution >= 4 is 5.97 Å². The first-order valence-electron chi connectivity index (χ1n) is 3.87. The summed E-state index contributed by atoms with van der Waals surface area (Å²) < 4.78 is 5.10. The maximum absolute atomic E-state index is 10.9. The number of carbonyl (C=O) groups is 1. The van der Waals surface area contributed by atoms with Crippen LogP contribution in [0.1, 0.15) is 27.2 Å². The Kier molecular flexibility index (Phi) is 1.97. The predicted octanol–water partition coefficient (Wildman–Crippen LogP) is 1.59. The molecule has 0 aliphatic carbocycles. The molecule has 0 bridgehead atoms. The van der Waals surface area contributed by atoms with Crippen molar-refractivity contribution in [1.82, 2.24) is 0 Å². The standard InChI is InChI=1S/C8H14O2/c1-4-7-5(2)6(3)8(9)10-7/h5-7H,4H2,1-3H3/t5-,6-,7?/m0/s1. The lowest BCUT2D eigenvalue weighted by Crippen LogP contribution is -2.14. The zero-order chi connectivity index (χ0) is 7.72. The molecule has 2 heteroatoms. The van der Waals surface area contributed by atoms with E-state index in [0.717, 1.165) is 6.42 Å². The van der Waals surface area contributed by atoms with E-state index in [2.05, 4.69) is 6.92 Å². The van der Waals surface area contributed by atoms with Gasteiger partial charge < -0.3 is 4.74 Å². The van der Waals surface area contributed by atoms with Crippen molar-refractivity contribution < 1.29 is 9.53 Å². The minimum Gasteiger partial charge on any atom is -0.462 e. The molecule has 0 aromatic rings. The van der Waals surface area contributed by atoms with Gasteiger partial charge in [-0.15, -0.1) is 0 Å². The molecule has 0 aromatic heterocycles. The molecule has 0 N–H and O–H groups in total. The van der Waals surface area contributed by atoms with E-state index in [1.54, 1.807) is 0 Å². The van der Waals surface area contributed by atoms with Crippen molar-refractivity contribution in [1.29, 1.82) is 0 Å². The van der Waals surface area contributed by atoms with Gasteiger partial charge in [0.25, 0.3) is 0 Å². The Morgan fingerprint density at radius 3 is 2.30 bits per heavy atom. The molecule has 1 saturated heterocycles. The number of ether oxygens (including phenoxy) is 1. The predicted molar refractivity (Wildman–Crippen MR) is 38.5 cm³/mol. The molecule has 0 saturated carbocycles. The molecule has 58 valence electrons. The highest BCUT2D eigenvalue weighted by Gasteiger charge is 2.37. The second kappa shape index (κ2) is 2.60. The van der Waals surface area contributed by atoms with Gasteiger partial charge in [0.2, 0.25) is 0 Å². The van der Waals surface area contributed by atoms with Gasteiger partial charge in [0.1, 0.15) is 6.10 Å². The molecule has 0 radical (unpaired) electrons. The van der Waals surface area contributed by atoms with E-state index in [-0.39, 0.29) is 18.0 Å². The normalized spacial score (nSPS) is 39.9. The molecule has 1 heterocycles. The number of carbonyl (C=O) groups excluding carboxylic acids is 1. The summed E-state index contributed by atoms with van der Waals surface area (Å²) in [6.45, 7) is 6.05. The van der Waals surface area contributed by atoms with Crippen LogP contribution in [0.5, 0.6) is 0 Å². The van der Waals surface area contributed by atoms with E-state index in [0.29, 0.717) is 5.92 Å². The highest BCUT2D eigenvalue weighted by atomic mass is 16.6. The van der Waals surface area contributed by atoms with Crippen molar-refractivity contribution in [3.05, 3.63) is 0 Å². The van der Waals surface area contributed by atoms with Crippen LogP contribution in [-0.4, -0.2) is 12.1 Å². The average molecular weight is 142 g/mol. The Morgan fingerprint density at radius 2 is 2.10 bits per heavy atom. The topological polar surface area (TPSA) is 26.3 Å². The summed E-state index contributed by atoms with van der Waals surface area (Å²) in [4.78, 5) is 10.9. The number of cyclic esters (lactones) is 1. The molecule has 1 rings (SSSR count). The summed E-state index contributed by atoms with van der Waals surface area (Å²) in [7, 11) is 0. The highest BCUT2D eigenvalue weighted by Crippen LogP contribution is 2.28. The minimum atomic E-state index is -0.0284. The van der Waals surface area contributed by atoms with E-state index < -0.39 is 0 Å². The second-order valence-corrected chi connectivity index (χ2v) is 3.03. The summed E-state index contributed by atoms with van der Waals surface area (Å²) in [6, 6.07) is 0. The molecule has 1 fully saturated rings. The van der Waals surface area contributed by atoms with Crippen LogP contribution in [0.25, 0.3) is 0 Å². The van der Waals surface area contributed by atoms with Gasteiger partial charge >= 0.3 is 5.97 Å². The van der Waals surface area contributed by atoms with Gasteiger partial charge in [-0.2, -0.15) is 0 Å². The summed E-state index contributed by atoms with van der Waals surface area (Å²) in [6.07, 6.45) is 1.11. The highest BCUT2D eigenvalue weighted by molar-refractivity contribution is 5.74. The molecule has 1 aliphatic rings. The molecular weight excluding hydrogens is 128 g/mol. The summed E-state index contributed by atoms with van der Waals surface area (Å²) in [5.41, 5.74) is 0. The van der Waals surface area contributed by atoms with Crippen LogP contribution in [0.4, 0.5) is 0 Å². The fraction of sp³-hybridized carbons (Fsp3) is 0.875. The van der Waals surface area contributed by atoms with Crippen LogP contribution in [0, 0.1) is 11.8 Å². The fourth-order valence-corrected chi connectivity index (χ4v) is 1.36. The first-order valence-corrected chi connectivity index (χ1v) is 3.87. The van der Waals surface area contributed by atoms with Crippen molar-refractivity contribution in [3.63, 3.8) is 0 Å². The van der Waals surface area contributed by atoms with Gasteiger partial charge in [-0.25, -0.2) is 0 Å². The van der Waals surface area contributed by atoms with Crippen molar-refractivity contribution in [3.8, 4) is 0 Å². The maximum Gasteiger partial charge on any atom is 0.309 e. The first kappa shape index (κ1) is 7.58. The van der Waals surface area contributed by atoms with Crippen LogP contribution >= 0.6 is 0 Å². The van der Waals surface area contributed by atoms with Crippen LogP contribution in [-0.2, 0) is 9.53 Å². The molecule has 0 amide bonds. The fourth-order valence-electron chi connectivity index (χ4n) is 1.36. The number of esters is 1. The lowest BCUT2D eigenvalue weighted by atomic mass is 9.93. The second-order valence-electron chi connectivity index (χ2n) is 3.03. The molecular formula is C8H14O2. The zero-order valence-corrected chi connectivity index (χ0v) is 6.76. The molecule has 1 aliphatic heterocycles. The molecule has 2 nitrogen and oxygen atoms in total. The van der Waals surface area contributed by atoms with Gasteiger partial charge in [-0.1, -0.05) is 20.8 Å². The van der Waals surface area contributed by atoms with Gasteiger partial charge in [-0.05, 0) is 6.42 Å². The monoisotopic (exact) mass is 142 g/mol. The average Bonchev–Trinajstić information content (AvgIpc) is 2.17. The molecule has 0 spiro atoms. The molecule has 0 aromatic carbocycles. The lowest BCUT2D eigenvalue weighted by molar-refractivity contribution is -0.144. The Morgan fingerprint density at radius 1 is 1.50 bits per heavy atom. The van der Waals surface area contributed by atoms with Gasteiger partial charge in [0.05, 0.1) is 5.92 Å². The van der Waals surface area contributed by atoms with E-state index in [4.69, 9.17) is 4.74 Å². The van der Waals surface area contributed by atoms with Crippen molar-refractivity contribution in [2.75, 3.05) is 0 Å². The van der Waals surface area contributed by atoms with Gasteiger partial charge in [0.15, 0.2) is 0 Å². The molecule has 3 atom stereocenters. The van der Waals surface area contributed by atoms with E-state index in [1.165, 1.54) is 0 Å². The summed E-state index contributed by atoms with van der Waals surface area (Å²) in [5.74, 6) is 0.474. The summed E-state index contributed by atoms with van der Waals surface area (Å²) >= 11 is 0. The Bertz CT molecular complexity index is 142. The largest absolute Gasteiger partial charge is 0.462 e. The Balaban J connectivity index is 2.61. The van der Waals surface area contributed by atoms with Gasteiger partial charge in [-0.3, -0.25) is 4.79 Å². The van der Waals surface area contributed by atoms with Crippen LogP contribution in [0.15, 0.2) is 0 Å². The lowest BCUT2D eigenvalue weighted by Gasteiger charge is -2.10. The minimum absolute atomic E-state index is 0.0284. The van der Waals surface area contributed by atoms with Crippen LogP contribution < -0.4 is 0 Å². The molecule has 10 heavy (non-hydrogen) atoms. The van der Waals surface area contributed by atoms with E-state index >= 15 is 0 Å². The van der Waals surface area contributed by atoms with E-state index in [9.17, 15) is 4.79 Å². The summed E-state index contributed by atoms with van der Waals surface area (Å²) in [5, 5.41) is 0. The smallest absolute Gasteiger partial charge is 0.309 e. The van der Waals surface area contributed by atoms with Gasteiger partial charge in [0, 0.05) is 5.92 Å². The Hall–Kier alpha value is -0.530. The van der Waals surface area contributed by atoms with Crippen LogP contribution in [0.2, 0.25) is 0 Å². The van der Waals surface area contributed by atoms with Crippen molar-refractivity contribution in [2.45, 2.75) is 33.3 Å². The Labute approximate surface area is 61.6 Å². The third-order valence-corrected chi connectivity index (χ3v) is 2.42. The number of hydrogen-bond donors (Lipinski definition) is 0. The van der Waals surface area contributed by atoms with Crippen LogP contribution in [0.3, 0.4) is 0 Å². The third kappa shape index (κ3) is 1.02. The number of hydrogen-bond acceptors (Lipinski definition) is 2. The third-order valence-electron chi connectivity index (χ3n) is 2.42. The SMILES string of the molecule is CCC1OC(=O)[C@@H](C)[C@@H]1C. The maximum atomic E-state index is 10.9. The quantitative estimate of drug-likeness (QED) is 0.520. The number of rotatable bonds is 1. The molecule has 1 unspecified atom stereocenters. The first-order chi connectivity index (χ1) is 4.66. The zero-order valence-electron chi connectivity index (χ0n) is 6.76. The van der Waals surface area contributed by atoms with Crippen molar-refractivity contribution in [2.24, 2.45) is 11.8 Å². The van der Waals surface area contributed by atoms with E-state index in [1.807, 2.05) is 13.8 Å².